The first kappa shape index (κ1) is 26.4. The number of carbonyl (C=O) groups excluding carboxylic acids is 1. The number of aromatic nitrogens is 4. The highest BCUT2D eigenvalue weighted by atomic mass is 35.5. The largest absolute Gasteiger partial charge is 0.495 e. The van der Waals surface area contributed by atoms with Gasteiger partial charge in [-0.15, -0.1) is 12.4 Å². The topological polar surface area (TPSA) is 125 Å². The van der Waals surface area contributed by atoms with E-state index in [1.165, 1.54) is 6.20 Å². The van der Waals surface area contributed by atoms with Gasteiger partial charge in [-0.1, -0.05) is 17.7 Å². The van der Waals surface area contributed by atoms with Gasteiger partial charge in [0, 0.05) is 31.7 Å². The van der Waals surface area contributed by atoms with E-state index >= 15 is 0 Å². The summed E-state index contributed by atoms with van der Waals surface area (Å²) in [6, 6.07) is 7.14. The standard InChI is InChI=1S/C23H26ClN7O3.ClH/c1-34-19-6-5-15(10-18(19)24)11-27-21-17(22(33)28-13-20-25-7-3-8-26-20)12-29-23(30-21)31-9-2-4-16(31)14-32;/h3,5-8,10,12,16,32H,2,4,9,11,13-14H2,1H3,(H,28,33)(H,27,29,30);1H/t16-;/m0./s1. The number of aliphatic hydroxyl groups is 1. The van der Waals surface area contributed by atoms with Gasteiger partial charge < -0.3 is 25.4 Å². The van der Waals surface area contributed by atoms with Gasteiger partial charge in [0.05, 0.1) is 31.3 Å². The van der Waals surface area contributed by atoms with Crippen molar-refractivity contribution in [1.82, 2.24) is 25.3 Å². The number of hydrogen-bond donors (Lipinski definition) is 3. The van der Waals surface area contributed by atoms with E-state index in [2.05, 4.69) is 30.6 Å². The Balaban J connectivity index is 0.00000342. The van der Waals surface area contributed by atoms with Crippen molar-refractivity contribution >= 4 is 41.7 Å². The quantitative estimate of drug-likeness (QED) is 0.391. The number of halogens is 2. The molecule has 3 aromatic rings. The summed E-state index contributed by atoms with van der Waals surface area (Å²) in [5.41, 5.74) is 1.18. The zero-order chi connectivity index (χ0) is 23.9. The van der Waals surface area contributed by atoms with Crippen molar-refractivity contribution in [2.75, 3.05) is 30.5 Å². The number of nitrogens with one attached hydrogen (secondary N) is 2. The number of hydrogen-bond acceptors (Lipinski definition) is 9. The van der Waals surface area contributed by atoms with Crippen LogP contribution in [0, 0.1) is 0 Å². The number of carbonyl (C=O) groups is 1. The Morgan fingerprint density at radius 2 is 2.06 bits per heavy atom. The minimum absolute atomic E-state index is 0. The van der Waals surface area contributed by atoms with Crippen LogP contribution in [0.25, 0.3) is 0 Å². The highest BCUT2D eigenvalue weighted by molar-refractivity contribution is 6.32. The van der Waals surface area contributed by atoms with Gasteiger partial charge in [-0.05, 0) is 36.6 Å². The third kappa shape index (κ3) is 6.47. The Morgan fingerprint density at radius 3 is 2.77 bits per heavy atom. The van der Waals surface area contributed by atoms with Crippen LogP contribution in [0.15, 0.2) is 42.9 Å². The molecule has 0 unspecified atom stereocenters. The average molecular weight is 520 g/mol. The van der Waals surface area contributed by atoms with Crippen LogP contribution >= 0.6 is 24.0 Å². The molecule has 35 heavy (non-hydrogen) atoms. The van der Waals surface area contributed by atoms with E-state index in [0.29, 0.717) is 40.5 Å². The van der Waals surface area contributed by atoms with Gasteiger partial charge in [0.15, 0.2) is 0 Å². The fraction of sp³-hybridized carbons (Fsp3) is 0.348. The minimum atomic E-state index is -0.352. The number of anilines is 2. The van der Waals surface area contributed by atoms with Gasteiger partial charge in [0.1, 0.15) is 23.0 Å². The number of amides is 1. The first-order chi connectivity index (χ1) is 16.6. The summed E-state index contributed by atoms with van der Waals surface area (Å²) < 4.78 is 5.21. The Morgan fingerprint density at radius 1 is 1.26 bits per heavy atom. The number of rotatable bonds is 9. The minimum Gasteiger partial charge on any atom is -0.495 e. The molecule has 3 heterocycles. The fourth-order valence-corrected chi connectivity index (χ4v) is 4.06. The molecule has 1 aliphatic rings. The summed E-state index contributed by atoms with van der Waals surface area (Å²) in [5, 5.41) is 16.2. The second kappa shape index (κ2) is 12.5. The summed E-state index contributed by atoms with van der Waals surface area (Å²) in [7, 11) is 1.56. The van der Waals surface area contributed by atoms with Crippen LogP contribution < -0.4 is 20.3 Å². The van der Waals surface area contributed by atoms with Gasteiger partial charge in [0.2, 0.25) is 5.95 Å². The number of methoxy groups -OCH3 is 1. The van der Waals surface area contributed by atoms with Crippen LogP contribution in [0.2, 0.25) is 5.02 Å². The summed E-state index contributed by atoms with van der Waals surface area (Å²) >= 11 is 6.25. The van der Waals surface area contributed by atoms with E-state index in [-0.39, 0.29) is 37.5 Å². The molecule has 1 atom stereocenters. The van der Waals surface area contributed by atoms with Crippen molar-refractivity contribution in [3.63, 3.8) is 0 Å². The maximum atomic E-state index is 13.0. The molecule has 0 spiro atoms. The molecule has 0 radical (unpaired) electrons. The van der Waals surface area contributed by atoms with Gasteiger partial charge in [-0.3, -0.25) is 4.79 Å². The van der Waals surface area contributed by atoms with E-state index in [1.807, 2.05) is 11.0 Å². The van der Waals surface area contributed by atoms with Crippen molar-refractivity contribution in [1.29, 1.82) is 0 Å². The molecule has 0 bridgehead atoms. The highest BCUT2D eigenvalue weighted by Crippen LogP contribution is 2.27. The molecular weight excluding hydrogens is 493 g/mol. The van der Waals surface area contributed by atoms with Crippen LogP contribution in [0.4, 0.5) is 11.8 Å². The monoisotopic (exact) mass is 519 g/mol. The van der Waals surface area contributed by atoms with Gasteiger partial charge >= 0.3 is 0 Å². The van der Waals surface area contributed by atoms with E-state index in [1.54, 1.807) is 37.7 Å². The lowest BCUT2D eigenvalue weighted by atomic mass is 10.2. The molecule has 1 saturated heterocycles. The predicted octanol–water partition coefficient (Wildman–Crippen LogP) is 2.85. The van der Waals surface area contributed by atoms with E-state index in [4.69, 9.17) is 16.3 Å². The van der Waals surface area contributed by atoms with Crippen LogP contribution in [0.1, 0.15) is 34.6 Å². The Kier molecular flexibility index (Phi) is 9.41. The molecule has 1 fully saturated rings. The van der Waals surface area contributed by atoms with Crippen molar-refractivity contribution < 1.29 is 14.6 Å². The Bertz CT molecular complexity index is 1140. The number of benzene rings is 1. The molecule has 3 N–H and O–H groups in total. The van der Waals surface area contributed by atoms with Crippen LogP contribution in [0.5, 0.6) is 5.75 Å². The van der Waals surface area contributed by atoms with Crippen LogP contribution in [-0.4, -0.2) is 57.3 Å². The Hall–Kier alpha value is -3.21. The van der Waals surface area contributed by atoms with Crippen LogP contribution in [0.3, 0.4) is 0 Å². The molecule has 186 valence electrons. The van der Waals surface area contributed by atoms with Crippen molar-refractivity contribution in [2.24, 2.45) is 0 Å². The maximum absolute atomic E-state index is 13.0. The number of nitrogens with zero attached hydrogens (tertiary/aromatic N) is 5. The fourth-order valence-electron chi connectivity index (χ4n) is 3.78. The van der Waals surface area contributed by atoms with Gasteiger partial charge in [-0.25, -0.2) is 15.0 Å². The molecule has 0 saturated carbocycles. The summed E-state index contributed by atoms with van der Waals surface area (Å²) in [4.78, 5) is 32.2. The highest BCUT2D eigenvalue weighted by Gasteiger charge is 2.27. The molecule has 10 nitrogen and oxygen atoms in total. The van der Waals surface area contributed by atoms with Crippen molar-refractivity contribution in [3.8, 4) is 5.75 Å². The summed E-state index contributed by atoms with van der Waals surface area (Å²) in [6.07, 6.45) is 6.55. The van der Waals surface area contributed by atoms with E-state index < -0.39 is 0 Å². The lowest BCUT2D eigenvalue weighted by Gasteiger charge is -2.24. The SMILES string of the molecule is COc1ccc(CNc2nc(N3CCC[C@H]3CO)ncc2C(=O)NCc2ncccn2)cc1Cl.Cl. The first-order valence-corrected chi connectivity index (χ1v) is 11.3. The second-order valence-corrected chi connectivity index (χ2v) is 8.18. The summed E-state index contributed by atoms with van der Waals surface area (Å²) in [5.74, 6) is 1.58. The zero-order valence-corrected chi connectivity index (χ0v) is 20.7. The molecule has 0 aliphatic carbocycles. The normalized spacial score (nSPS) is 14.8. The number of aliphatic hydroxyl groups excluding tert-OH is 1. The molecule has 1 amide bonds. The second-order valence-electron chi connectivity index (χ2n) is 7.77. The lowest BCUT2D eigenvalue weighted by Crippen LogP contribution is -2.34. The van der Waals surface area contributed by atoms with Crippen molar-refractivity contribution in [2.45, 2.75) is 32.0 Å². The first-order valence-electron chi connectivity index (χ1n) is 10.9. The predicted molar refractivity (Wildman–Crippen MR) is 135 cm³/mol. The molecule has 4 rings (SSSR count). The molecule has 2 aromatic heterocycles. The molecule has 1 aliphatic heterocycles. The zero-order valence-electron chi connectivity index (χ0n) is 19.1. The van der Waals surface area contributed by atoms with Gasteiger partial charge in [0.25, 0.3) is 5.91 Å². The van der Waals surface area contributed by atoms with E-state index in [9.17, 15) is 9.90 Å². The Labute approximate surface area is 214 Å². The molecular formula is C23H27Cl2N7O3. The number of ether oxygens (including phenoxy) is 1. The van der Waals surface area contributed by atoms with Crippen LogP contribution in [-0.2, 0) is 13.1 Å². The molecule has 12 heteroatoms. The summed E-state index contributed by atoms with van der Waals surface area (Å²) in [6.45, 7) is 1.32. The third-order valence-corrected chi connectivity index (χ3v) is 5.86. The third-order valence-electron chi connectivity index (χ3n) is 5.57. The average Bonchev–Trinajstić information content (AvgIpc) is 3.35. The van der Waals surface area contributed by atoms with Crippen molar-refractivity contribution in [3.05, 3.63) is 64.8 Å². The van der Waals surface area contributed by atoms with Gasteiger partial charge in [-0.2, -0.15) is 4.98 Å². The lowest BCUT2D eigenvalue weighted by molar-refractivity contribution is 0.0950. The molecule has 1 aromatic carbocycles. The van der Waals surface area contributed by atoms with E-state index in [0.717, 1.165) is 24.9 Å². The maximum Gasteiger partial charge on any atom is 0.256 e. The smallest absolute Gasteiger partial charge is 0.256 e.